The monoisotopic (exact) mass is 309 g/mol. The average molecular weight is 310 g/mol. The van der Waals surface area contributed by atoms with E-state index >= 15 is 0 Å². The van der Waals surface area contributed by atoms with Crippen LogP contribution in [0.4, 0.5) is 0 Å². The summed E-state index contributed by atoms with van der Waals surface area (Å²) in [7, 11) is 1.76. The molecular weight excluding hydrogens is 286 g/mol. The van der Waals surface area contributed by atoms with Crippen molar-refractivity contribution in [2.24, 2.45) is 10.9 Å². The lowest BCUT2D eigenvalue weighted by atomic mass is 10.1. The lowest BCUT2D eigenvalue weighted by Gasteiger charge is -2.21. The molecule has 5 heteroatoms. The van der Waals surface area contributed by atoms with Crippen molar-refractivity contribution in [3.05, 3.63) is 34.9 Å². The fourth-order valence-corrected chi connectivity index (χ4v) is 2.80. The Kier molecular flexibility index (Phi) is 6.33. The van der Waals surface area contributed by atoms with Gasteiger partial charge in [-0.15, -0.1) is 0 Å². The molecule has 1 saturated heterocycles. The number of ether oxygens (including phenoxy) is 1. The van der Waals surface area contributed by atoms with Crippen LogP contribution < -0.4 is 5.32 Å². The molecule has 1 unspecified atom stereocenters. The predicted molar refractivity (Wildman–Crippen MR) is 87.8 cm³/mol. The second kappa shape index (κ2) is 8.25. The van der Waals surface area contributed by atoms with Gasteiger partial charge in [-0.3, -0.25) is 0 Å². The summed E-state index contributed by atoms with van der Waals surface area (Å²) in [6, 6.07) is 7.86. The SMILES string of the molecule is CCNC(=NCc1ccccc1Cl)N1CCC(COC)C1. The third-order valence-corrected chi connectivity index (χ3v) is 4.05. The first kappa shape index (κ1) is 16.1. The van der Waals surface area contributed by atoms with Crippen molar-refractivity contribution in [2.75, 3.05) is 33.4 Å². The highest BCUT2D eigenvalue weighted by Gasteiger charge is 2.24. The van der Waals surface area contributed by atoms with Crippen molar-refractivity contribution in [3.8, 4) is 0 Å². The van der Waals surface area contributed by atoms with Crippen LogP contribution in [0.15, 0.2) is 29.3 Å². The highest BCUT2D eigenvalue weighted by atomic mass is 35.5. The van der Waals surface area contributed by atoms with Gasteiger partial charge in [0.1, 0.15) is 0 Å². The number of likely N-dealkylation sites (tertiary alicyclic amines) is 1. The Morgan fingerprint density at radius 2 is 2.29 bits per heavy atom. The number of benzene rings is 1. The highest BCUT2D eigenvalue weighted by molar-refractivity contribution is 6.31. The van der Waals surface area contributed by atoms with E-state index in [0.29, 0.717) is 12.5 Å². The van der Waals surface area contributed by atoms with Crippen LogP contribution >= 0.6 is 11.6 Å². The van der Waals surface area contributed by atoms with Crippen molar-refractivity contribution >= 4 is 17.6 Å². The van der Waals surface area contributed by atoms with Gasteiger partial charge in [-0.1, -0.05) is 29.8 Å². The van der Waals surface area contributed by atoms with E-state index in [4.69, 9.17) is 21.3 Å². The molecule has 4 nitrogen and oxygen atoms in total. The highest BCUT2D eigenvalue weighted by Crippen LogP contribution is 2.18. The fraction of sp³-hybridized carbons (Fsp3) is 0.562. The maximum Gasteiger partial charge on any atom is 0.194 e. The van der Waals surface area contributed by atoms with E-state index in [9.17, 15) is 0 Å². The van der Waals surface area contributed by atoms with Gasteiger partial charge >= 0.3 is 0 Å². The molecule has 1 aliphatic heterocycles. The first-order chi connectivity index (χ1) is 10.2. The predicted octanol–water partition coefficient (Wildman–Crippen LogP) is 2.77. The van der Waals surface area contributed by atoms with Gasteiger partial charge in [-0.25, -0.2) is 4.99 Å². The standard InChI is InChI=1S/C16H24ClN3O/c1-3-18-16(20-9-8-13(11-20)12-21-2)19-10-14-6-4-5-7-15(14)17/h4-7,13H,3,8-12H2,1-2H3,(H,18,19). The second-order valence-electron chi connectivity index (χ2n) is 5.32. The van der Waals surface area contributed by atoms with Crippen LogP contribution in [-0.2, 0) is 11.3 Å². The third-order valence-electron chi connectivity index (χ3n) is 3.68. The molecule has 1 N–H and O–H groups in total. The molecule has 0 aromatic heterocycles. The molecule has 116 valence electrons. The van der Waals surface area contributed by atoms with Gasteiger partial charge in [-0.05, 0) is 25.0 Å². The van der Waals surface area contributed by atoms with Gasteiger partial charge in [0.15, 0.2) is 5.96 Å². The van der Waals surface area contributed by atoms with Crippen molar-refractivity contribution in [3.63, 3.8) is 0 Å². The summed E-state index contributed by atoms with van der Waals surface area (Å²) in [4.78, 5) is 7.04. The van der Waals surface area contributed by atoms with Crippen molar-refractivity contribution < 1.29 is 4.74 Å². The number of halogens is 1. The lowest BCUT2D eigenvalue weighted by Crippen LogP contribution is -2.40. The molecule has 1 atom stereocenters. The normalized spacial score (nSPS) is 19.1. The van der Waals surface area contributed by atoms with Crippen molar-refractivity contribution in [1.82, 2.24) is 10.2 Å². The van der Waals surface area contributed by atoms with Gasteiger partial charge in [-0.2, -0.15) is 0 Å². The van der Waals surface area contributed by atoms with Crippen molar-refractivity contribution in [1.29, 1.82) is 0 Å². The zero-order chi connectivity index (χ0) is 15.1. The van der Waals surface area contributed by atoms with Gasteiger partial charge in [0.2, 0.25) is 0 Å². The Morgan fingerprint density at radius 3 is 3.00 bits per heavy atom. The van der Waals surface area contributed by atoms with Crippen LogP contribution in [0, 0.1) is 5.92 Å². The molecular formula is C16H24ClN3O. The van der Waals surface area contributed by atoms with Crippen LogP contribution in [-0.4, -0.2) is 44.2 Å². The van der Waals surface area contributed by atoms with Crippen LogP contribution in [0.25, 0.3) is 0 Å². The smallest absolute Gasteiger partial charge is 0.194 e. The van der Waals surface area contributed by atoms with E-state index in [1.807, 2.05) is 24.3 Å². The lowest BCUT2D eigenvalue weighted by molar-refractivity contribution is 0.157. The molecule has 1 aromatic rings. The summed E-state index contributed by atoms with van der Waals surface area (Å²) >= 11 is 6.19. The van der Waals surface area contributed by atoms with Gasteiger partial charge in [0, 0.05) is 37.7 Å². The minimum Gasteiger partial charge on any atom is -0.384 e. The molecule has 1 heterocycles. The summed E-state index contributed by atoms with van der Waals surface area (Å²) in [5.74, 6) is 1.56. The van der Waals surface area contributed by atoms with Crippen molar-refractivity contribution in [2.45, 2.75) is 19.9 Å². The summed E-state index contributed by atoms with van der Waals surface area (Å²) in [6.07, 6.45) is 1.16. The summed E-state index contributed by atoms with van der Waals surface area (Å²) in [6.45, 7) is 6.42. The number of methoxy groups -OCH3 is 1. The van der Waals surface area contributed by atoms with E-state index in [0.717, 1.165) is 49.2 Å². The molecule has 0 amide bonds. The Labute approximate surface area is 132 Å². The summed E-state index contributed by atoms with van der Waals surface area (Å²) in [5, 5.41) is 4.14. The average Bonchev–Trinajstić information content (AvgIpc) is 2.94. The quantitative estimate of drug-likeness (QED) is 0.671. The van der Waals surface area contributed by atoms with E-state index in [1.54, 1.807) is 7.11 Å². The Bertz CT molecular complexity index is 478. The minimum absolute atomic E-state index is 0.596. The molecule has 1 fully saturated rings. The molecule has 1 aromatic carbocycles. The first-order valence-electron chi connectivity index (χ1n) is 7.50. The van der Waals surface area contributed by atoms with Gasteiger partial charge < -0.3 is 15.0 Å². The molecule has 0 spiro atoms. The van der Waals surface area contributed by atoms with Crippen LogP contribution in [0.1, 0.15) is 18.9 Å². The number of hydrogen-bond acceptors (Lipinski definition) is 2. The number of nitrogens with one attached hydrogen (secondary N) is 1. The van der Waals surface area contributed by atoms with Crippen LogP contribution in [0.3, 0.4) is 0 Å². The molecule has 1 aliphatic rings. The van der Waals surface area contributed by atoms with E-state index < -0.39 is 0 Å². The maximum absolute atomic E-state index is 6.19. The number of nitrogens with zero attached hydrogens (tertiary/aromatic N) is 2. The summed E-state index contributed by atoms with van der Waals surface area (Å²) in [5.41, 5.74) is 1.06. The third kappa shape index (κ3) is 4.61. The topological polar surface area (TPSA) is 36.9 Å². The zero-order valence-corrected chi connectivity index (χ0v) is 13.6. The molecule has 0 bridgehead atoms. The van der Waals surface area contributed by atoms with E-state index in [1.165, 1.54) is 0 Å². The number of rotatable bonds is 5. The van der Waals surface area contributed by atoms with Crippen LogP contribution in [0.2, 0.25) is 5.02 Å². The molecule has 0 radical (unpaired) electrons. The summed E-state index contributed by atoms with van der Waals surface area (Å²) < 4.78 is 5.25. The fourth-order valence-electron chi connectivity index (χ4n) is 2.61. The maximum atomic E-state index is 6.19. The Balaban J connectivity index is 2.01. The second-order valence-corrected chi connectivity index (χ2v) is 5.72. The Hall–Kier alpha value is -1.26. The molecule has 0 saturated carbocycles. The van der Waals surface area contributed by atoms with E-state index in [-0.39, 0.29) is 0 Å². The first-order valence-corrected chi connectivity index (χ1v) is 7.88. The molecule has 2 rings (SSSR count). The molecule has 21 heavy (non-hydrogen) atoms. The molecule has 0 aliphatic carbocycles. The van der Waals surface area contributed by atoms with Gasteiger partial charge in [0.05, 0.1) is 13.2 Å². The largest absolute Gasteiger partial charge is 0.384 e. The number of hydrogen-bond donors (Lipinski definition) is 1. The van der Waals surface area contributed by atoms with Gasteiger partial charge in [0.25, 0.3) is 0 Å². The van der Waals surface area contributed by atoms with E-state index in [2.05, 4.69) is 17.1 Å². The Morgan fingerprint density at radius 1 is 1.48 bits per heavy atom. The van der Waals surface area contributed by atoms with Crippen LogP contribution in [0.5, 0.6) is 0 Å². The number of guanidine groups is 1. The minimum atomic E-state index is 0.596. The number of aliphatic imine (C=N–C) groups is 1. The zero-order valence-electron chi connectivity index (χ0n) is 12.8.